The molecule has 0 aliphatic rings. The van der Waals surface area contributed by atoms with Crippen LogP contribution in [-0.2, 0) is 32.5 Å². The van der Waals surface area contributed by atoms with E-state index in [9.17, 15) is 27.6 Å². The second kappa shape index (κ2) is 13.1. The molecule has 0 fully saturated rings. The number of rotatable bonds is 12. The van der Waals surface area contributed by atoms with Crippen LogP contribution in [0.15, 0.2) is 77.8 Å². The number of carboxylic acids is 1. The second-order valence-corrected chi connectivity index (χ2v) is 9.86. The van der Waals surface area contributed by atoms with E-state index in [0.717, 1.165) is 17.3 Å². The Morgan fingerprint density at radius 1 is 0.789 bits per heavy atom. The smallest absolute Gasteiger partial charge is 0.322 e. The molecule has 198 valence electrons. The van der Waals surface area contributed by atoms with E-state index < -0.39 is 34.4 Å². The Kier molecular flexibility index (Phi) is 9.66. The van der Waals surface area contributed by atoms with Gasteiger partial charge in [-0.05, 0) is 48.2 Å². The van der Waals surface area contributed by atoms with E-state index in [4.69, 9.17) is 5.11 Å². The standard InChI is InChI=1S/C26H26N4O7S/c31-23(13-8-18-4-2-1-3-5-18)27-15-14-19-6-10-21(11-7-19)38(36,37)30-25(34)20-9-12-22(28-16-20)26(35)29-17-24(32)33/h1-7,9-12,16H,8,13-15,17H2,(H,27,31)(H,29,35)(H,30,34)(H,32,33). The molecule has 38 heavy (non-hydrogen) atoms. The molecule has 0 aliphatic heterocycles. The topological polar surface area (TPSA) is 172 Å². The summed E-state index contributed by atoms with van der Waals surface area (Å²) in [5, 5.41) is 13.6. The van der Waals surface area contributed by atoms with Gasteiger partial charge in [-0.15, -0.1) is 0 Å². The zero-order valence-electron chi connectivity index (χ0n) is 20.2. The Morgan fingerprint density at radius 2 is 1.47 bits per heavy atom. The van der Waals surface area contributed by atoms with Crippen molar-refractivity contribution in [3.05, 3.63) is 95.3 Å². The lowest BCUT2D eigenvalue weighted by atomic mass is 10.1. The monoisotopic (exact) mass is 538 g/mol. The largest absolute Gasteiger partial charge is 0.480 e. The Hall–Kier alpha value is -4.58. The number of carbonyl (C=O) groups excluding carboxylic acids is 3. The summed E-state index contributed by atoms with van der Waals surface area (Å²) in [4.78, 5) is 50.4. The third kappa shape index (κ3) is 8.52. The van der Waals surface area contributed by atoms with Crippen LogP contribution >= 0.6 is 0 Å². The van der Waals surface area contributed by atoms with Crippen molar-refractivity contribution in [2.45, 2.75) is 24.2 Å². The average Bonchev–Trinajstić information content (AvgIpc) is 2.91. The number of pyridine rings is 1. The van der Waals surface area contributed by atoms with Gasteiger partial charge in [0.15, 0.2) is 0 Å². The van der Waals surface area contributed by atoms with Gasteiger partial charge in [0.2, 0.25) is 5.91 Å². The third-order valence-corrected chi connectivity index (χ3v) is 6.69. The number of amides is 3. The maximum atomic E-state index is 12.6. The predicted molar refractivity (Wildman–Crippen MR) is 137 cm³/mol. The fourth-order valence-corrected chi connectivity index (χ4v) is 4.30. The first-order chi connectivity index (χ1) is 18.1. The van der Waals surface area contributed by atoms with E-state index >= 15 is 0 Å². The highest BCUT2D eigenvalue weighted by molar-refractivity contribution is 7.90. The van der Waals surface area contributed by atoms with Gasteiger partial charge in [0.1, 0.15) is 12.2 Å². The van der Waals surface area contributed by atoms with Crippen molar-refractivity contribution in [1.82, 2.24) is 20.3 Å². The summed E-state index contributed by atoms with van der Waals surface area (Å²) in [6.45, 7) is -0.197. The fourth-order valence-electron chi connectivity index (χ4n) is 3.32. The number of nitrogens with one attached hydrogen (secondary N) is 3. The molecular weight excluding hydrogens is 512 g/mol. The molecule has 2 aromatic carbocycles. The highest BCUT2D eigenvalue weighted by Crippen LogP contribution is 2.12. The Bertz CT molecular complexity index is 1390. The van der Waals surface area contributed by atoms with Crippen LogP contribution in [0.2, 0.25) is 0 Å². The minimum Gasteiger partial charge on any atom is -0.480 e. The minimum absolute atomic E-state index is 0.0702. The first-order valence-electron chi connectivity index (χ1n) is 11.6. The molecule has 0 radical (unpaired) electrons. The van der Waals surface area contributed by atoms with E-state index in [1.807, 2.05) is 35.1 Å². The first kappa shape index (κ1) is 28.0. The summed E-state index contributed by atoms with van der Waals surface area (Å²) in [7, 11) is -4.18. The SMILES string of the molecule is O=C(O)CNC(=O)c1ccc(C(=O)NS(=O)(=O)c2ccc(CCNC(=O)CCc3ccccc3)cc2)cn1. The van der Waals surface area contributed by atoms with Crippen molar-refractivity contribution in [1.29, 1.82) is 0 Å². The quantitative estimate of drug-likeness (QED) is 0.267. The summed E-state index contributed by atoms with van der Waals surface area (Å²) in [6.07, 6.45) is 2.53. The molecule has 3 aromatic rings. The molecule has 3 amide bonds. The van der Waals surface area contributed by atoms with Crippen LogP contribution in [0.4, 0.5) is 0 Å². The van der Waals surface area contributed by atoms with Gasteiger partial charge in [0.05, 0.1) is 10.5 Å². The number of aryl methyl sites for hydroxylation is 1. The van der Waals surface area contributed by atoms with Crippen molar-refractivity contribution in [2.24, 2.45) is 0 Å². The van der Waals surface area contributed by atoms with Gasteiger partial charge >= 0.3 is 5.97 Å². The van der Waals surface area contributed by atoms with E-state index in [-0.39, 0.29) is 22.1 Å². The summed E-state index contributed by atoms with van der Waals surface area (Å²) in [5.74, 6) is -3.00. The number of sulfonamides is 1. The van der Waals surface area contributed by atoms with Crippen molar-refractivity contribution in [3.8, 4) is 0 Å². The van der Waals surface area contributed by atoms with Gasteiger partial charge in [-0.3, -0.25) is 24.2 Å². The predicted octanol–water partition coefficient (Wildman–Crippen LogP) is 1.31. The molecule has 3 rings (SSSR count). The van der Waals surface area contributed by atoms with Crippen molar-refractivity contribution < 1.29 is 32.7 Å². The molecule has 11 nitrogen and oxygen atoms in total. The van der Waals surface area contributed by atoms with Gasteiger partial charge in [-0.25, -0.2) is 13.1 Å². The summed E-state index contributed by atoms with van der Waals surface area (Å²) in [5.41, 5.74) is 1.65. The lowest BCUT2D eigenvalue weighted by Gasteiger charge is -2.09. The number of hydrogen-bond acceptors (Lipinski definition) is 7. The van der Waals surface area contributed by atoms with E-state index in [0.29, 0.717) is 25.8 Å². The number of carboxylic acid groups (broad SMARTS) is 1. The van der Waals surface area contributed by atoms with Crippen LogP contribution < -0.4 is 15.4 Å². The molecule has 0 atom stereocenters. The molecular formula is C26H26N4O7S. The van der Waals surface area contributed by atoms with E-state index in [1.54, 1.807) is 12.1 Å². The molecule has 1 heterocycles. The molecule has 0 unspecified atom stereocenters. The minimum atomic E-state index is -4.18. The van der Waals surface area contributed by atoms with Gasteiger partial charge in [0.25, 0.3) is 21.8 Å². The highest BCUT2D eigenvalue weighted by atomic mass is 32.2. The maximum Gasteiger partial charge on any atom is 0.322 e. The lowest BCUT2D eigenvalue weighted by Crippen LogP contribution is -2.31. The molecule has 0 spiro atoms. The molecule has 4 N–H and O–H groups in total. The van der Waals surface area contributed by atoms with Crippen molar-refractivity contribution >= 4 is 33.7 Å². The third-order valence-electron chi connectivity index (χ3n) is 5.34. The number of aromatic nitrogens is 1. The van der Waals surface area contributed by atoms with Gasteiger partial charge in [-0.2, -0.15) is 0 Å². The second-order valence-electron chi connectivity index (χ2n) is 8.17. The molecule has 0 aliphatic carbocycles. The molecule has 12 heteroatoms. The maximum absolute atomic E-state index is 12.6. The summed E-state index contributed by atoms with van der Waals surface area (Å²) < 4.78 is 27.2. The van der Waals surface area contributed by atoms with Crippen LogP contribution in [0.25, 0.3) is 0 Å². The van der Waals surface area contributed by atoms with E-state index in [1.165, 1.54) is 24.3 Å². The van der Waals surface area contributed by atoms with Crippen LogP contribution in [0.3, 0.4) is 0 Å². The van der Waals surface area contributed by atoms with Crippen LogP contribution in [0.5, 0.6) is 0 Å². The Balaban J connectivity index is 1.48. The number of aliphatic carboxylic acids is 1. The molecule has 0 saturated carbocycles. The number of nitrogens with zero attached hydrogens (tertiary/aromatic N) is 1. The normalized spacial score (nSPS) is 10.8. The van der Waals surface area contributed by atoms with Crippen LogP contribution in [0, 0.1) is 0 Å². The average molecular weight is 539 g/mol. The highest BCUT2D eigenvalue weighted by Gasteiger charge is 2.19. The number of benzene rings is 2. The Morgan fingerprint density at radius 3 is 2.11 bits per heavy atom. The number of hydrogen-bond donors (Lipinski definition) is 4. The zero-order chi connectivity index (χ0) is 27.5. The van der Waals surface area contributed by atoms with Crippen LogP contribution in [0.1, 0.15) is 38.4 Å². The van der Waals surface area contributed by atoms with Crippen molar-refractivity contribution in [2.75, 3.05) is 13.1 Å². The lowest BCUT2D eigenvalue weighted by molar-refractivity contribution is -0.135. The number of carbonyl (C=O) groups is 4. The molecule has 0 saturated heterocycles. The zero-order valence-corrected chi connectivity index (χ0v) is 21.0. The van der Waals surface area contributed by atoms with Crippen molar-refractivity contribution in [3.63, 3.8) is 0 Å². The summed E-state index contributed by atoms with van der Waals surface area (Å²) in [6, 6.07) is 18.0. The van der Waals surface area contributed by atoms with Gasteiger partial charge in [-0.1, -0.05) is 42.5 Å². The Labute approximate surface area is 219 Å². The molecule has 1 aromatic heterocycles. The molecule has 0 bridgehead atoms. The summed E-state index contributed by atoms with van der Waals surface area (Å²) >= 11 is 0. The fraction of sp³-hybridized carbons (Fsp3) is 0.192. The van der Waals surface area contributed by atoms with E-state index in [2.05, 4.69) is 15.6 Å². The first-order valence-corrected chi connectivity index (χ1v) is 13.0. The van der Waals surface area contributed by atoms with Gasteiger partial charge < -0.3 is 15.7 Å². The van der Waals surface area contributed by atoms with Gasteiger partial charge in [0, 0.05) is 19.2 Å². The van der Waals surface area contributed by atoms with Crippen LogP contribution in [-0.4, -0.2) is 55.3 Å².